The predicted octanol–water partition coefficient (Wildman–Crippen LogP) is 7.65. The number of urea groups is 1. The average molecular weight is 479 g/mol. The van der Waals surface area contributed by atoms with Crippen LogP contribution in [0.1, 0.15) is 41.5 Å². The number of carbonyl (C=O) groups is 1. The summed E-state index contributed by atoms with van der Waals surface area (Å²) < 4.78 is 5.59. The molecular weight excluding hydrogens is 444 g/mol. The van der Waals surface area contributed by atoms with Crippen molar-refractivity contribution >= 4 is 11.7 Å². The summed E-state index contributed by atoms with van der Waals surface area (Å²) in [5.41, 5.74) is 5.53. The van der Waals surface area contributed by atoms with Crippen molar-refractivity contribution in [1.82, 2.24) is 4.90 Å². The summed E-state index contributed by atoms with van der Waals surface area (Å²) in [5.74, 6) is 1.03. The molecule has 0 aliphatic carbocycles. The Balaban J connectivity index is 1.55. The lowest BCUT2D eigenvalue weighted by Crippen LogP contribution is -2.36. The second-order valence-corrected chi connectivity index (χ2v) is 8.96. The number of nitrogens with zero attached hydrogens (tertiary/aromatic N) is 1. The van der Waals surface area contributed by atoms with E-state index in [2.05, 4.69) is 53.8 Å². The molecule has 0 aliphatic rings. The van der Waals surface area contributed by atoms with Crippen molar-refractivity contribution in [1.29, 1.82) is 0 Å². The third-order valence-corrected chi connectivity index (χ3v) is 6.29. The highest BCUT2D eigenvalue weighted by atomic mass is 16.5. The van der Waals surface area contributed by atoms with Crippen LogP contribution in [0, 0.1) is 6.92 Å². The van der Waals surface area contributed by atoms with Crippen molar-refractivity contribution in [3.8, 4) is 5.75 Å². The van der Waals surface area contributed by atoms with Crippen LogP contribution >= 0.6 is 0 Å². The first-order valence-corrected chi connectivity index (χ1v) is 12.6. The molecule has 4 aromatic carbocycles. The molecule has 0 spiro atoms. The highest BCUT2D eigenvalue weighted by molar-refractivity contribution is 5.89. The van der Waals surface area contributed by atoms with Crippen molar-refractivity contribution in [2.75, 3.05) is 18.5 Å². The summed E-state index contributed by atoms with van der Waals surface area (Å²) in [5, 5.41) is 3.09. The third kappa shape index (κ3) is 6.98. The minimum atomic E-state index is -0.104. The number of hydrogen-bond donors (Lipinski definition) is 1. The average Bonchev–Trinajstić information content (AvgIpc) is 2.92. The molecule has 0 aliphatic heterocycles. The van der Waals surface area contributed by atoms with Gasteiger partial charge < -0.3 is 15.0 Å². The monoisotopic (exact) mass is 478 g/mol. The van der Waals surface area contributed by atoms with E-state index in [-0.39, 0.29) is 11.9 Å². The molecule has 0 aromatic heterocycles. The van der Waals surface area contributed by atoms with E-state index < -0.39 is 0 Å². The van der Waals surface area contributed by atoms with E-state index in [0.29, 0.717) is 19.7 Å². The van der Waals surface area contributed by atoms with Crippen molar-refractivity contribution < 1.29 is 9.53 Å². The molecule has 184 valence electrons. The third-order valence-electron chi connectivity index (χ3n) is 6.29. The molecule has 0 heterocycles. The molecule has 0 saturated heterocycles. The molecule has 4 heteroatoms. The number of aryl methyl sites for hydroxylation is 1. The van der Waals surface area contributed by atoms with Crippen LogP contribution in [0.25, 0.3) is 0 Å². The van der Waals surface area contributed by atoms with Gasteiger partial charge in [0.1, 0.15) is 5.75 Å². The molecule has 0 unspecified atom stereocenters. The number of carbonyl (C=O) groups excluding carboxylic acids is 1. The normalized spacial score (nSPS) is 10.8. The van der Waals surface area contributed by atoms with E-state index >= 15 is 0 Å². The summed E-state index contributed by atoms with van der Waals surface area (Å²) >= 11 is 0. The fraction of sp³-hybridized carbons (Fsp3) is 0.219. The molecule has 0 atom stereocenters. The number of anilines is 1. The number of hydrogen-bond acceptors (Lipinski definition) is 2. The molecule has 36 heavy (non-hydrogen) atoms. The van der Waals surface area contributed by atoms with Crippen LogP contribution in [0.3, 0.4) is 0 Å². The molecule has 0 fully saturated rings. The molecule has 0 bridgehead atoms. The van der Waals surface area contributed by atoms with E-state index in [4.69, 9.17) is 4.74 Å². The predicted molar refractivity (Wildman–Crippen MR) is 148 cm³/mol. The van der Waals surface area contributed by atoms with Crippen molar-refractivity contribution in [3.63, 3.8) is 0 Å². The van der Waals surface area contributed by atoms with Crippen LogP contribution < -0.4 is 10.1 Å². The number of benzene rings is 4. The zero-order valence-electron chi connectivity index (χ0n) is 21.1. The van der Waals surface area contributed by atoms with Crippen molar-refractivity contribution in [2.24, 2.45) is 0 Å². The first-order chi connectivity index (χ1) is 17.6. The maximum absolute atomic E-state index is 13.4. The molecule has 2 amide bonds. The van der Waals surface area contributed by atoms with Gasteiger partial charge in [-0.15, -0.1) is 0 Å². The Hall–Kier alpha value is -4.05. The Kier molecular flexibility index (Phi) is 8.77. The Morgan fingerprint density at radius 3 is 1.94 bits per heavy atom. The van der Waals surface area contributed by atoms with Gasteiger partial charge >= 0.3 is 6.03 Å². The summed E-state index contributed by atoms with van der Waals surface area (Å²) in [6.07, 6.45) is 0.812. The van der Waals surface area contributed by atoms with Gasteiger partial charge in [-0.2, -0.15) is 0 Å². The minimum Gasteiger partial charge on any atom is -0.494 e. The summed E-state index contributed by atoms with van der Waals surface area (Å²) in [6, 6.07) is 36.8. The van der Waals surface area contributed by atoms with Gasteiger partial charge in [-0.3, -0.25) is 0 Å². The standard InChI is InChI=1S/C32H34N2O2/c1-3-36-30-20-16-26(17-21-30)24-34(32(35)33-29-18-14-25(2)15-19-29)23-22-31(27-10-6-4-7-11-27)28-12-8-5-9-13-28/h4-21,31H,3,22-24H2,1-2H3,(H,33,35). The molecule has 4 rings (SSSR count). The Morgan fingerprint density at radius 1 is 0.806 bits per heavy atom. The lowest BCUT2D eigenvalue weighted by Gasteiger charge is -2.26. The van der Waals surface area contributed by atoms with E-state index in [1.807, 2.05) is 79.4 Å². The van der Waals surface area contributed by atoms with Gasteiger partial charge in [0.25, 0.3) is 0 Å². The van der Waals surface area contributed by atoms with E-state index in [1.165, 1.54) is 11.1 Å². The summed E-state index contributed by atoms with van der Waals surface area (Å²) in [7, 11) is 0. The van der Waals surface area contributed by atoms with E-state index in [0.717, 1.165) is 29.0 Å². The molecule has 0 saturated carbocycles. The second-order valence-electron chi connectivity index (χ2n) is 8.96. The Labute approximate surface area is 214 Å². The van der Waals surface area contributed by atoms with Gasteiger partial charge in [-0.25, -0.2) is 4.79 Å². The number of amides is 2. The van der Waals surface area contributed by atoms with Gasteiger partial charge in [0, 0.05) is 24.7 Å². The number of rotatable bonds is 10. The SMILES string of the molecule is CCOc1ccc(CN(CCC(c2ccccc2)c2ccccc2)C(=O)Nc2ccc(C)cc2)cc1. The van der Waals surface area contributed by atoms with Crippen molar-refractivity contribution in [3.05, 3.63) is 131 Å². The van der Waals surface area contributed by atoms with Crippen LogP contribution in [0.4, 0.5) is 10.5 Å². The van der Waals surface area contributed by atoms with Crippen LogP contribution in [0.2, 0.25) is 0 Å². The smallest absolute Gasteiger partial charge is 0.322 e. The van der Waals surface area contributed by atoms with Gasteiger partial charge in [0.05, 0.1) is 6.61 Å². The van der Waals surface area contributed by atoms with Crippen LogP contribution in [-0.4, -0.2) is 24.1 Å². The molecule has 4 aromatic rings. The van der Waals surface area contributed by atoms with Gasteiger partial charge in [-0.1, -0.05) is 90.5 Å². The summed E-state index contributed by atoms with van der Waals surface area (Å²) in [4.78, 5) is 15.3. The first kappa shape index (κ1) is 25.1. The largest absolute Gasteiger partial charge is 0.494 e. The van der Waals surface area contributed by atoms with Crippen molar-refractivity contribution in [2.45, 2.75) is 32.7 Å². The van der Waals surface area contributed by atoms with Crippen LogP contribution in [0.5, 0.6) is 5.75 Å². The van der Waals surface area contributed by atoms with Gasteiger partial charge in [-0.05, 0) is 61.2 Å². The molecule has 0 radical (unpaired) electrons. The van der Waals surface area contributed by atoms with Crippen LogP contribution in [0.15, 0.2) is 109 Å². The molecular formula is C32H34N2O2. The zero-order chi connectivity index (χ0) is 25.2. The lowest BCUT2D eigenvalue weighted by atomic mass is 9.88. The lowest BCUT2D eigenvalue weighted by molar-refractivity contribution is 0.207. The van der Waals surface area contributed by atoms with Gasteiger partial charge in [0.15, 0.2) is 0 Å². The number of nitrogens with one attached hydrogen (secondary N) is 1. The minimum absolute atomic E-state index is 0.104. The Morgan fingerprint density at radius 2 is 1.39 bits per heavy atom. The van der Waals surface area contributed by atoms with Crippen LogP contribution in [-0.2, 0) is 6.54 Å². The highest BCUT2D eigenvalue weighted by Crippen LogP contribution is 2.28. The molecule has 4 nitrogen and oxygen atoms in total. The number of ether oxygens (including phenoxy) is 1. The zero-order valence-corrected chi connectivity index (χ0v) is 21.1. The van der Waals surface area contributed by atoms with Gasteiger partial charge in [0.2, 0.25) is 0 Å². The van der Waals surface area contributed by atoms with E-state index in [9.17, 15) is 4.79 Å². The first-order valence-electron chi connectivity index (χ1n) is 12.6. The Bertz CT molecular complexity index is 1170. The fourth-order valence-electron chi connectivity index (χ4n) is 4.35. The summed E-state index contributed by atoms with van der Waals surface area (Å²) in [6.45, 7) is 5.77. The fourth-order valence-corrected chi connectivity index (χ4v) is 4.35. The maximum Gasteiger partial charge on any atom is 0.322 e. The maximum atomic E-state index is 13.4. The molecule has 1 N–H and O–H groups in total. The topological polar surface area (TPSA) is 41.6 Å². The highest BCUT2D eigenvalue weighted by Gasteiger charge is 2.19. The van der Waals surface area contributed by atoms with E-state index in [1.54, 1.807) is 0 Å². The quantitative estimate of drug-likeness (QED) is 0.254. The second kappa shape index (κ2) is 12.6.